The van der Waals surface area contributed by atoms with Crippen molar-refractivity contribution >= 4 is 5.97 Å². The van der Waals surface area contributed by atoms with E-state index < -0.39 is 37.3 Å². The summed E-state index contributed by atoms with van der Waals surface area (Å²) in [5.74, 6) is -5.97. The minimum absolute atomic E-state index is 0.621. The van der Waals surface area contributed by atoms with E-state index in [-0.39, 0.29) is 0 Å². The van der Waals surface area contributed by atoms with Gasteiger partial charge in [0.05, 0.1) is 0 Å². The van der Waals surface area contributed by atoms with E-state index in [0.29, 0.717) is 6.08 Å². The quantitative estimate of drug-likeness (QED) is 0.322. The van der Waals surface area contributed by atoms with Gasteiger partial charge in [0.25, 0.3) is 0 Å². The molecule has 0 spiro atoms. The lowest BCUT2D eigenvalue weighted by atomic mass is 10.3. The van der Waals surface area contributed by atoms with Gasteiger partial charge in [-0.15, -0.1) is 0 Å². The summed E-state index contributed by atoms with van der Waals surface area (Å²) in [7, 11) is 0. The van der Waals surface area contributed by atoms with Gasteiger partial charge < -0.3 is 19.7 Å². The molecular weight excluding hydrogens is 271 g/mol. The zero-order valence-corrected chi connectivity index (χ0v) is 8.66. The number of hydrogen-bond donors (Lipinski definition) is 2. The van der Waals surface area contributed by atoms with Crippen LogP contribution in [0, 0.1) is 0 Å². The topological polar surface area (TPSA) is 76.0 Å². The number of carbonyl (C=O) groups excluding carboxylic acids is 1. The van der Waals surface area contributed by atoms with E-state index >= 15 is 0 Å². The molecule has 5 nitrogen and oxygen atoms in total. The molecule has 0 saturated carbocycles. The third kappa shape index (κ3) is 4.20. The third-order valence-corrected chi connectivity index (χ3v) is 1.55. The van der Waals surface area contributed by atoms with Crippen LogP contribution in [0.2, 0.25) is 0 Å². The van der Waals surface area contributed by atoms with Crippen molar-refractivity contribution in [1.82, 2.24) is 0 Å². The van der Waals surface area contributed by atoms with Gasteiger partial charge in [-0.25, -0.2) is 13.6 Å². The standard InChI is InChI=1S/C8H9F5O5/c1-2-4(14)17-3-5(15)18-7(16,6(9)10)8(11,12)13/h2,5-6,15-16H,1,3H2. The van der Waals surface area contributed by atoms with Crippen LogP contribution in [0.15, 0.2) is 12.7 Å². The number of aliphatic hydroxyl groups excluding tert-OH is 1. The molecule has 0 aromatic rings. The fraction of sp³-hybridized carbons (Fsp3) is 0.625. The summed E-state index contributed by atoms with van der Waals surface area (Å²) >= 11 is 0. The molecule has 0 radical (unpaired) electrons. The van der Waals surface area contributed by atoms with Gasteiger partial charge in [0.1, 0.15) is 6.61 Å². The fourth-order valence-corrected chi connectivity index (χ4v) is 0.696. The van der Waals surface area contributed by atoms with Crippen LogP contribution in [0.4, 0.5) is 22.0 Å². The van der Waals surface area contributed by atoms with Crippen LogP contribution in [-0.4, -0.2) is 47.5 Å². The number of ether oxygens (including phenoxy) is 2. The van der Waals surface area contributed by atoms with E-state index in [1.54, 1.807) is 0 Å². The van der Waals surface area contributed by atoms with E-state index in [4.69, 9.17) is 10.2 Å². The Bertz CT molecular complexity index is 305. The van der Waals surface area contributed by atoms with E-state index in [0.717, 1.165) is 0 Å². The highest BCUT2D eigenvalue weighted by molar-refractivity contribution is 5.81. The zero-order valence-electron chi connectivity index (χ0n) is 8.66. The summed E-state index contributed by atoms with van der Waals surface area (Å²) in [6.45, 7) is 1.75. The van der Waals surface area contributed by atoms with Gasteiger partial charge >= 0.3 is 24.4 Å². The maximum absolute atomic E-state index is 12.1. The van der Waals surface area contributed by atoms with Crippen LogP contribution in [0.5, 0.6) is 0 Å². The third-order valence-electron chi connectivity index (χ3n) is 1.55. The Hall–Kier alpha value is -1.26. The molecule has 0 aliphatic heterocycles. The highest BCUT2D eigenvalue weighted by Crippen LogP contribution is 2.36. The second kappa shape index (κ2) is 6.07. The zero-order chi connectivity index (χ0) is 14.6. The van der Waals surface area contributed by atoms with Crippen LogP contribution >= 0.6 is 0 Å². The Balaban J connectivity index is 4.61. The van der Waals surface area contributed by atoms with Gasteiger partial charge in [0.15, 0.2) is 6.29 Å². The molecule has 0 heterocycles. The fourth-order valence-electron chi connectivity index (χ4n) is 0.696. The molecule has 10 heteroatoms. The average Bonchev–Trinajstić information content (AvgIpc) is 2.23. The first-order chi connectivity index (χ1) is 8.04. The maximum atomic E-state index is 12.1. The van der Waals surface area contributed by atoms with Gasteiger partial charge in [-0.05, 0) is 0 Å². The minimum atomic E-state index is -5.84. The van der Waals surface area contributed by atoms with Crippen molar-refractivity contribution in [1.29, 1.82) is 0 Å². The molecule has 106 valence electrons. The van der Waals surface area contributed by atoms with Gasteiger partial charge in [-0.3, -0.25) is 0 Å². The first-order valence-electron chi connectivity index (χ1n) is 4.27. The van der Waals surface area contributed by atoms with Crippen LogP contribution < -0.4 is 0 Å². The maximum Gasteiger partial charge on any atom is 0.449 e. The van der Waals surface area contributed by atoms with E-state index in [1.807, 2.05) is 0 Å². The molecule has 2 unspecified atom stereocenters. The number of halogens is 5. The number of rotatable bonds is 6. The molecule has 2 atom stereocenters. The van der Waals surface area contributed by atoms with Crippen LogP contribution in [-0.2, 0) is 14.3 Å². The minimum Gasteiger partial charge on any atom is -0.457 e. The molecule has 18 heavy (non-hydrogen) atoms. The lowest BCUT2D eigenvalue weighted by Gasteiger charge is -2.30. The van der Waals surface area contributed by atoms with Crippen molar-refractivity contribution < 1.29 is 46.4 Å². The van der Waals surface area contributed by atoms with Crippen molar-refractivity contribution in [2.45, 2.75) is 24.7 Å². The number of hydrogen-bond acceptors (Lipinski definition) is 5. The molecule has 0 aromatic heterocycles. The SMILES string of the molecule is C=CC(=O)OCC(O)OC(O)(C(F)F)C(F)(F)F. The van der Waals surface area contributed by atoms with E-state index in [2.05, 4.69) is 16.1 Å². The molecule has 0 rings (SSSR count). The van der Waals surface area contributed by atoms with Gasteiger partial charge in [0, 0.05) is 6.08 Å². The predicted octanol–water partition coefficient (Wildman–Crippen LogP) is 0.567. The number of alkyl halides is 5. The summed E-state index contributed by atoms with van der Waals surface area (Å²) < 4.78 is 67.8. The summed E-state index contributed by atoms with van der Waals surface area (Å²) in [5.41, 5.74) is 0. The van der Waals surface area contributed by atoms with Gasteiger partial charge in [-0.2, -0.15) is 13.2 Å². The molecule has 0 aliphatic carbocycles. The lowest BCUT2D eigenvalue weighted by molar-refractivity contribution is -0.429. The monoisotopic (exact) mass is 280 g/mol. The van der Waals surface area contributed by atoms with Crippen molar-refractivity contribution in [3.63, 3.8) is 0 Å². The molecule has 0 fully saturated rings. The van der Waals surface area contributed by atoms with Crippen LogP contribution in [0.25, 0.3) is 0 Å². The summed E-state index contributed by atoms with van der Waals surface area (Å²) in [6, 6.07) is 0. The number of carbonyl (C=O) groups is 1. The summed E-state index contributed by atoms with van der Waals surface area (Å²) in [6.07, 6.45) is -12.2. The second-order valence-corrected chi connectivity index (χ2v) is 2.90. The van der Waals surface area contributed by atoms with Crippen molar-refractivity contribution in [2.75, 3.05) is 6.61 Å². The molecule has 0 amide bonds. The van der Waals surface area contributed by atoms with Crippen molar-refractivity contribution in [3.8, 4) is 0 Å². The Kier molecular flexibility index (Phi) is 5.64. The summed E-state index contributed by atoms with van der Waals surface area (Å²) in [4.78, 5) is 10.5. The molecule has 2 N–H and O–H groups in total. The predicted molar refractivity (Wildman–Crippen MR) is 45.3 cm³/mol. The van der Waals surface area contributed by atoms with Crippen molar-refractivity contribution in [3.05, 3.63) is 12.7 Å². The van der Waals surface area contributed by atoms with Gasteiger partial charge in [0.2, 0.25) is 0 Å². The molecule has 0 saturated heterocycles. The largest absolute Gasteiger partial charge is 0.457 e. The first kappa shape index (κ1) is 16.7. The molecule has 0 bridgehead atoms. The first-order valence-corrected chi connectivity index (χ1v) is 4.27. The van der Waals surface area contributed by atoms with E-state index in [9.17, 15) is 26.7 Å². The number of esters is 1. The van der Waals surface area contributed by atoms with Crippen LogP contribution in [0.3, 0.4) is 0 Å². The molecule has 0 aliphatic rings. The average molecular weight is 280 g/mol. The van der Waals surface area contributed by atoms with Crippen molar-refractivity contribution in [2.24, 2.45) is 0 Å². The summed E-state index contributed by atoms with van der Waals surface area (Å²) in [5, 5.41) is 17.4. The number of aliphatic hydroxyl groups is 2. The smallest absolute Gasteiger partial charge is 0.449 e. The molecule has 0 aromatic carbocycles. The Morgan fingerprint density at radius 2 is 1.89 bits per heavy atom. The Morgan fingerprint density at radius 1 is 1.39 bits per heavy atom. The van der Waals surface area contributed by atoms with Crippen LogP contribution in [0.1, 0.15) is 0 Å². The van der Waals surface area contributed by atoms with Gasteiger partial charge in [-0.1, -0.05) is 6.58 Å². The second-order valence-electron chi connectivity index (χ2n) is 2.90. The highest BCUT2D eigenvalue weighted by Gasteiger charge is 2.63. The lowest BCUT2D eigenvalue weighted by Crippen LogP contribution is -2.55. The van der Waals surface area contributed by atoms with E-state index in [1.165, 1.54) is 0 Å². The molecular formula is C8H9F5O5. The Morgan fingerprint density at radius 3 is 2.22 bits per heavy atom. The normalized spacial score (nSPS) is 17.1. The highest BCUT2D eigenvalue weighted by atomic mass is 19.4. The Labute approximate surface area is 97.4 Å².